The largest absolute Gasteiger partial charge is 0.371 e. The Kier molecular flexibility index (Phi) is 4.63. The van der Waals surface area contributed by atoms with Crippen LogP contribution in [-0.4, -0.2) is 26.2 Å². The van der Waals surface area contributed by atoms with Crippen molar-refractivity contribution < 1.29 is 0 Å². The molecule has 0 atom stereocenters. The number of nitrogens with zero attached hydrogens (tertiary/aromatic N) is 3. The lowest BCUT2D eigenvalue weighted by molar-refractivity contribution is 0.630. The molecule has 0 bridgehead atoms. The van der Waals surface area contributed by atoms with E-state index in [1.54, 1.807) is 16.8 Å². The van der Waals surface area contributed by atoms with Crippen LogP contribution in [0.3, 0.4) is 0 Å². The summed E-state index contributed by atoms with van der Waals surface area (Å²) in [7, 11) is 0. The van der Waals surface area contributed by atoms with Gasteiger partial charge in [0.25, 0.3) is 0 Å². The highest BCUT2D eigenvalue weighted by Gasteiger charge is 2.33. The molecular weight excluding hydrogens is 402 g/mol. The van der Waals surface area contributed by atoms with Gasteiger partial charge in [-0.15, -0.1) is 0 Å². The van der Waals surface area contributed by atoms with Crippen molar-refractivity contribution in [2.45, 2.75) is 51.4 Å². The Balaban J connectivity index is 1.46. The zero-order valence-corrected chi connectivity index (χ0v) is 19.5. The first-order chi connectivity index (χ1) is 16.4. The van der Waals surface area contributed by atoms with Crippen LogP contribution in [0.15, 0.2) is 54.6 Å². The molecule has 0 amide bonds. The monoisotopic (exact) mass is 435 g/mol. The molecular formula is C30H33N3. The Hall–Kier alpha value is -2.94. The number of hydrogen-bond donors (Lipinski definition) is 0. The molecule has 0 aliphatic carbocycles. The highest BCUT2D eigenvalue weighted by molar-refractivity contribution is 5.87. The predicted octanol–water partition coefficient (Wildman–Crippen LogP) is 6.55. The number of anilines is 5. The second-order valence-electron chi connectivity index (χ2n) is 10.2. The van der Waals surface area contributed by atoms with Gasteiger partial charge < -0.3 is 14.7 Å². The molecule has 0 N–H and O–H groups in total. The van der Waals surface area contributed by atoms with Crippen LogP contribution < -0.4 is 14.7 Å². The number of aryl methyl sites for hydroxylation is 2. The first-order valence-corrected chi connectivity index (χ1v) is 13.0. The predicted molar refractivity (Wildman–Crippen MR) is 139 cm³/mol. The molecule has 3 aromatic rings. The van der Waals surface area contributed by atoms with Crippen molar-refractivity contribution in [3.63, 3.8) is 0 Å². The second-order valence-corrected chi connectivity index (χ2v) is 10.2. The van der Waals surface area contributed by atoms with Crippen molar-refractivity contribution in [2.24, 2.45) is 0 Å². The third-order valence-electron chi connectivity index (χ3n) is 8.29. The van der Waals surface area contributed by atoms with Crippen LogP contribution in [0.4, 0.5) is 28.4 Å². The summed E-state index contributed by atoms with van der Waals surface area (Å²) in [4.78, 5) is 8.04. The van der Waals surface area contributed by atoms with Crippen LogP contribution in [0, 0.1) is 0 Å². The summed E-state index contributed by atoms with van der Waals surface area (Å²) in [6, 6.07) is 20.8. The smallest absolute Gasteiger partial charge is 0.0485 e. The summed E-state index contributed by atoms with van der Waals surface area (Å²) in [6.45, 7) is 4.68. The quantitative estimate of drug-likeness (QED) is 0.452. The van der Waals surface area contributed by atoms with E-state index in [1.165, 1.54) is 98.3 Å². The minimum Gasteiger partial charge on any atom is -0.371 e. The van der Waals surface area contributed by atoms with Crippen molar-refractivity contribution in [1.29, 1.82) is 0 Å². The number of rotatable bonds is 2. The Labute approximate surface area is 197 Å². The molecule has 3 nitrogen and oxygen atoms in total. The summed E-state index contributed by atoms with van der Waals surface area (Å²) >= 11 is 0. The average Bonchev–Trinajstić information content (AvgIpc) is 2.89. The highest BCUT2D eigenvalue weighted by Crippen LogP contribution is 2.50. The molecule has 0 spiro atoms. The Morgan fingerprint density at radius 3 is 1.52 bits per heavy atom. The minimum atomic E-state index is 1.12. The maximum Gasteiger partial charge on any atom is 0.0485 e. The zero-order chi connectivity index (χ0) is 21.8. The molecule has 0 radical (unpaired) electrons. The summed E-state index contributed by atoms with van der Waals surface area (Å²) in [5.74, 6) is 0. The molecule has 7 rings (SSSR count). The third kappa shape index (κ3) is 3.08. The summed E-state index contributed by atoms with van der Waals surface area (Å²) in [6.07, 6.45) is 9.85. The number of benzene rings is 3. The van der Waals surface area contributed by atoms with Crippen LogP contribution >= 0.6 is 0 Å². The highest BCUT2D eigenvalue weighted by atomic mass is 15.2. The van der Waals surface area contributed by atoms with Crippen LogP contribution in [0.2, 0.25) is 0 Å². The van der Waals surface area contributed by atoms with Gasteiger partial charge in [-0.25, -0.2) is 0 Å². The normalized spacial score (nSPS) is 19.1. The minimum absolute atomic E-state index is 1.12. The van der Waals surface area contributed by atoms with Gasteiger partial charge in [-0.05, 0) is 91.8 Å². The van der Waals surface area contributed by atoms with Gasteiger partial charge >= 0.3 is 0 Å². The van der Waals surface area contributed by atoms with E-state index in [9.17, 15) is 0 Å². The van der Waals surface area contributed by atoms with Crippen molar-refractivity contribution >= 4 is 28.4 Å². The molecule has 4 aliphatic rings. The van der Waals surface area contributed by atoms with E-state index in [4.69, 9.17) is 0 Å². The third-order valence-corrected chi connectivity index (χ3v) is 8.29. The van der Waals surface area contributed by atoms with Gasteiger partial charge in [-0.2, -0.15) is 0 Å². The Morgan fingerprint density at radius 2 is 0.970 bits per heavy atom. The number of para-hydroxylation sites is 2. The van der Waals surface area contributed by atoms with Gasteiger partial charge in [-0.1, -0.05) is 36.4 Å². The zero-order valence-electron chi connectivity index (χ0n) is 19.5. The van der Waals surface area contributed by atoms with Gasteiger partial charge in [0.15, 0.2) is 0 Å². The second kappa shape index (κ2) is 7.83. The molecule has 0 unspecified atom stereocenters. The van der Waals surface area contributed by atoms with Gasteiger partial charge in [0.2, 0.25) is 0 Å². The molecule has 4 aliphatic heterocycles. The molecule has 4 heterocycles. The van der Waals surface area contributed by atoms with Crippen molar-refractivity contribution in [3.05, 3.63) is 76.9 Å². The van der Waals surface area contributed by atoms with Crippen molar-refractivity contribution in [2.75, 3.05) is 40.9 Å². The van der Waals surface area contributed by atoms with Gasteiger partial charge in [0, 0.05) is 54.6 Å². The molecule has 0 aromatic heterocycles. The van der Waals surface area contributed by atoms with E-state index in [2.05, 4.69) is 69.3 Å². The fourth-order valence-electron chi connectivity index (χ4n) is 6.88. The standard InChI is InChI=1S/C30H33N3/c1-3-15-26-22(9-1)11-5-19-32(26)28-21-29(33-20-6-12-23-10-2-4-16-27(23)33)25-14-8-18-31-17-7-13-24(28)30(25)31/h1-4,9-10,15-16,21H,5-8,11-14,17-20H2. The van der Waals surface area contributed by atoms with E-state index >= 15 is 0 Å². The summed E-state index contributed by atoms with van der Waals surface area (Å²) in [5.41, 5.74) is 13.6. The fraction of sp³-hybridized carbons (Fsp3) is 0.400. The van der Waals surface area contributed by atoms with Crippen LogP contribution in [-0.2, 0) is 25.7 Å². The molecule has 3 heteroatoms. The maximum absolute atomic E-state index is 2.72. The van der Waals surface area contributed by atoms with E-state index in [0.29, 0.717) is 0 Å². The summed E-state index contributed by atoms with van der Waals surface area (Å²) in [5, 5.41) is 0. The molecule has 0 fully saturated rings. The number of hydrogen-bond acceptors (Lipinski definition) is 3. The first-order valence-electron chi connectivity index (χ1n) is 13.0. The lowest BCUT2D eigenvalue weighted by atomic mass is 9.87. The van der Waals surface area contributed by atoms with Crippen molar-refractivity contribution in [3.8, 4) is 0 Å². The van der Waals surface area contributed by atoms with Gasteiger partial charge in [0.1, 0.15) is 0 Å². The molecule has 33 heavy (non-hydrogen) atoms. The molecule has 0 saturated carbocycles. The topological polar surface area (TPSA) is 9.72 Å². The lowest BCUT2D eigenvalue weighted by Crippen LogP contribution is -2.37. The maximum atomic E-state index is 2.72. The van der Waals surface area contributed by atoms with Crippen LogP contribution in [0.1, 0.15) is 47.9 Å². The summed E-state index contributed by atoms with van der Waals surface area (Å²) < 4.78 is 0. The van der Waals surface area contributed by atoms with E-state index in [-0.39, 0.29) is 0 Å². The van der Waals surface area contributed by atoms with E-state index in [1.807, 2.05) is 0 Å². The van der Waals surface area contributed by atoms with E-state index in [0.717, 1.165) is 13.1 Å². The molecule has 3 aromatic carbocycles. The SMILES string of the molecule is c1ccc2c(c1)CCCN2c1cc(N2CCCc3ccccc32)c2c3c1CCCN3CCC2. The first kappa shape index (κ1) is 19.5. The van der Waals surface area contributed by atoms with Crippen molar-refractivity contribution in [1.82, 2.24) is 0 Å². The Morgan fingerprint density at radius 1 is 0.485 bits per heavy atom. The van der Waals surface area contributed by atoms with E-state index < -0.39 is 0 Å². The van der Waals surface area contributed by atoms with Crippen LogP contribution in [0.25, 0.3) is 0 Å². The van der Waals surface area contributed by atoms with Gasteiger partial charge in [0.05, 0.1) is 0 Å². The van der Waals surface area contributed by atoms with Gasteiger partial charge in [-0.3, -0.25) is 0 Å². The average molecular weight is 436 g/mol. The lowest BCUT2D eigenvalue weighted by Gasteiger charge is -2.43. The molecule has 168 valence electrons. The fourth-order valence-corrected chi connectivity index (χ4v) is 6.88. The van der Waals surface area contributed by atoms with Crippen LogP contribution in [0.5, 0.6) is 0 Å². The Bertz CT molecular complexity index is 1120. The number of fused-ring (bicyclic) bond motifs is 2. The molecule has 0 saturated heterocycles.